The van der Waals surface area contributed by atoms with Crippen molar-refractivity contribution in [3.8, 4) is 11.5 Å². The molecule has 0 aliphatic carbocycles. The van der Waals surface area contributed by atoms with Crippen LogP contribution in [-0.2, 0) is 4.79 Å². The van der Waals surface area contributed by atoms with E-state index in [1.54, 1.807) is 48.5 Å². The number of carbonyl (C=O) groups excluding carboxylic acids is 2. The van der Waals surface area contributed by atoms with Gasteiger partial charge in [0, 0.05) is 5.02 Å². The van der Waals surface area contributed by atoms with E-state index in [1.165, 1.54) is 6.21 Å². The van der Waals surface area contributed by atoms with Crippen LogP contribution in [0.15, 0.2) is 96.1 Å². The highest BCUT2D eigenvalue weighted by molar-refractivity contribution is 6.30. The molecule has 1 N–H and O–H groups in total. The Hall–Kier alpha value is -4.16. The van der Waals surface area contributed by atoms with Crippen molar-refractivity contribution in [3.63, 3.8) is 0 Å². The fourth-order valence-corrected chi connectivity index (χ4v) is 3.12. The van der Waals surface area contributed by atoms with Gasteiger partial charge in [-0.2, -0.15) is 5.10 Å². The number of amides is 1. The van der Waals surface area contributed by atoms with Crippen molar-refractivity contribution < 1.29 is 19.1 Å². The maximum atomic E-state index is 12.1. The molecule has 1 amide bonds. The Morgan fingerprint density at radius 1 is 0.848 bits per heavy atom. The number of halogens is 1. The monoisotopic (exact) mass is 458 g/mol. The second-order valence-electron chi connectivity index (χ2n) is 7.06. The molecule has 164 valence electrons. The third-order valence-corrected chi connectivity index (χ3v) is 4.92. The van der Waals surface area contributed by atoms with E-state index in [4.69, 9.17) is 21.1 Å². The lowest BCUT2D eigenvalue weighted by Gasteiger charge is -2.06. The van der Waals surface area contributed by atoms with Crippen LogP contribution in [0.25, 0.3) is 10.8 Å². The number of fused-ring (bicyclic) bond motifs is 1. The average molecular weight is 459 g/mol. The molecular formula is C26H19ClN2O4. The zero-order valence-corrected chi connectivity index (χ0v) is 18.2. The number of rotatable bonds is 7. The lowest BCUT2D eigenvalue weighted by atomic mass is 10.1. The van der Waals surface area contributed by atoms with Gasteiger partial charge in [0.2, 0.25) is 0 Å². The number of carbonyl (C=O) groups is 2. The van der Waals surface area contributed by atoms with Crippen LogP contribution < -0.4 is 14.9 Å². The second kappa shape index (κ2) is 10.4. The molecule has 0 saturated heterocycles. The summed E-state index contributed by atoms with van der Waals surface area (Å²) in [5, 5.41) is 6.61. The smallest absolute Gasteiger partial charge is 0.343 e. The molecule has 0 saturated carbocycles. The number of nitrogens with zero attached hydrogens (tertiary/aromatic N) is 1. The van der Waals surface area contributed by atoms with Crippen molar-refractivity contribution in [1.82, 2.24) is 5.43 Å². The molecule has 0 radical (unpaired) electrons. The Morgan fingerprint density at radius 3 is 2.30 bits per heavy atom. The number of esters is 1. The third-order valence-electron chi connectivity index (χ3n) is 4.66. The van der Waals surface area contributed by atoms with Crippen LogP contribution in [0.1, 0.15) is 15.9 Å². The van der Waals surface area contributed by atoms with Crippen LogP contribution in [0.3, 0.4) is 0 Å². The zero-order chi connectivity index (χ0) is 23.0. The lowest BCUT2D eigenvalue weighted by Crippen LogP contribution is -2.24. The summed E-state index contributed by atoms with van der Waals surface area (Å²) in [6, 6.07) is 26.7. The van der Waals surface area contributed by atoms with Crippen LogP contribution >= 0.6 is 11.6 Å². The van der Waals surface area contributed by atoms with Crippen molar-refractivity contribution >= 4 is 40.5 Å². The van der Waals surface area contributed by atoms with Gasteiger partial charge < -0.3 is 9.47 Å². The molecule has 0 aromatic heterocycles. The molecule has 0 fully saturated rings. The highest BCUT2D eigenvalue weighted by Crippen LogP contribution is 2.20. The highest BCUT2D eigenvalue weighted by Gasteiger charge is 2.08. The van der Waals surface area contributed by atoms with E-state index < -0.39 is 5.97 Å². The predicted molar refractivity (Wildman–Crippen MR) is 128 cm³/mol. The van der Waals surface area contributed by atoms with Gasteiger partial charge in [-0.05, 0) is 77.0 Å². The van der Waals surface area contributed by atoms with E-state index in [9.17, 15) is 9.59 Å². The molecular weight excluding hydrogens is 440 g/mol. The first kappa shape index (κ1) is 22.0. The average Bonchev–Trinajstić information content (AvgIpc) is 2.84. The number of hydrazone groups is 1. The Balaban J connectivity index is 1.25. The van der Waals surface area contributed by atoms with Gasteiger partial charge in [-0.15, -0.1) is 0 Å². The van der Waals surface area contributed by atoms with Crippen molar-refractivity contribution in [2.75, 3.05) is 6.61 Å². The van der Waals surface area contributed by atoms with Gasteiger partial charge in [-0.1, -0.05) is 41.9 Å². The summed E-state index contributed by atoms with van der Waals surface area (Å²) in [5.74, 6) is 0.135. The molecule has 33 heavy (non-hydrogen) atoms. The molecule has 0 bridgehead atoms. The van der Waals surface area contributed by atoms with Crippen LogP contribution in [-0.4, -0.2) is 24.7 Å². The van der Waals surface area contributed by atoms with Gasteiger partial charge in [0.25, 0.3) is 5.91 Å². The summed E-state index contributed by atoms with van der Waals surface area (Å²) in [5.41, 5.74) is 3.54. The van der Waals surface area contributed by atoms with Crippen LogP contribution in [0.5, 0.6) is 11.5 Å². The maximum Gasteiger partial charge on any atom is 0.343 e. The summed E-state index contributed by atoms with van der Waals surface area (Å²) < 4.78 is 10.9. The zero-order valence-electron chi connectivity index (χ0n) is 17.4. The normalized spacial score (nSPS) is 10.8. The van der Waals surface area contributed by atoms with Crippen LogP contribution in [0.4, 0.5) is 0 Å². The molecule has 0 aliphatic heterocycles. The number of ether oxygens (including phenoxy) is 2. The first-order valence-electron chi connectivity index (χ1n) is 10.1. The molecule has 0 spiro atoms. The van der Waals surface area contributed by atoms with Gasteiger partial charge in [-0.25, -0.2) is 10.2 Å². The Bertz CT molecular complexity index is 1300. The van der Waals surface area contributed by atoms with E-state index in [0.29, 0.717) is 22.1 Å². The first-order valence-corrected chi connectivity index (χ1v) is 10.5. The molecule has 4 aromatic rings. The van der Waals surface area contributed by atoms with E-state index in [1.807, 2.05) is 42.5 Å². The number of benzene rings is 4. The molecule has 4 aromatic carbocycles. The van der Waals surface area contributed by atoms with E-state index in [-0.39, 0.29) is 12.5 Å². The van der Waals surface area contributed by atoms with E-state index >= 15 is 0 Å². The van der Waals surface area contributed by atoms with Gasteiger partial charge in [0.05, 0.1) is 11.8 Å². The third kappa shape index (κ3) is 6.18. The SMILES string of the molecule is O=C(COc1ccc2ccccc2c1)NN=Cc1ccc(OC(=O)c2ccc(Cl)cc2)cc1. The van der Waals surface area contributed by atoms with Gasteiger partial charge in [0.15, 0.2) is 6.61 Å². The molecule has 7 heteroatoms. The van der Waals surface area contributed by atoms with Crippen molar-refractivity contribution in [2.45, 2.75) is 0 Å². The van der Waals surface area contributed by atoms with Crippen molar-refractivity contribution in [1.29, 1.82) is 0 Å². The molecule has 0 heterocycles. The van der Waals surface area contributed by atoms with Crippen molar-refractivity contribution in [3.05, 3.63) is 107 Å². The minimum atomic E-state index is -0.480. The van der Waals surface area contributed by atoms with Gasteiger partial charge in [0.1, 0.15) is 11.5 Å². The minimum absolute atomic E-state index is 0.157. The fraction of sp³-hybridized carbons (Fsp3) is 0.0385. The number of hydrogen-bond acceptors (Lipinski definition) is 5. The first-order chi connectivity index (χ1) is 16.1. The molecule has 0 unspecified atom stereocenters. The van der Waals surface area contributed by atoms with E-state index in [2.05, 4.69) is 10.5 Å². The Morgan fingerprint density at radius 2 is 1.55 bits per heavy atom. The lowest BCUT2D eigenvalue weighted by molar-refractivity contribution is -0.123. The maximum absolute atomic E-state index is 12.1. The summed E-state index contributed by atoms with van der Waals surface area (Å²) >= 11 is 5.82. The summed E-state index contributed by atoms with van der Waals surface area (Å²) in [4.78, 5) is 24.1. The van der Waals surface area contributed by atoms with Crippen LogP contribution in [0, 0.1) is 0 Å². The Labute approximate surface area is 195 Å². The van der Waals surface area contributed by atoms with Gasteiger partial charge in [-0.3, -0.25) is 4.79 Å². The summed E-state index contributed by atoms with van der Waals surface area (Å²) in [6.45, 7) is -0.157. The van der Waals surface area contributed by atoms with E-state index in [0.717, 1.165) is 16.3 Å². The quantitative estimate of drug-likeness (QED) is 0.178. The Kier molecular flexibility index (Phi) is 6.97. The predicted octanol–water partition coefficient (Wildman–Crippen LogP) is 5.24. The number of nitrogens with one attached hydrogen (secondary N) is 1. The minimum Gasteiger partial charge on any atom is -0.484 e. The fourth-order valence-electron chi connectivity index (χ4n) is 2.99. The standard InChI is InChI=1S/C26H19ClN2O4/c27-22-10-7-20(8-11-22)26(31)33-23-12-5-18(6-13-23)16-28-29-25(30)17-32-24-14-9-19-3-1-2-4-21(19)15-24/h1-16H,17H2,(H,29,30). The second-order valence-corrected chi connectivity index (χ2v) is 7.49. The summed E-state index contributed by atoms with van der Waals surface area (Å²) in [7, 11) is 0. The molecule has 4 rings (SSSR count). The topological polar surface area (TPSA) is 77.0 Å². The van der Waals surface area contributed by atoms with Crippen molar-refractivity contribution in [2.24, 2.45) is 5.10 Å². The summed E-state index contributed by atoms with van der Waals surface area (Å²) in [6.07, 6.45) is 1.48. The van der Waals surface area contributed by atoms with Gasteiger partial charge >= 0.3 is 5.97 Å². The van der Waals surface area contributed by atoms with Crippen LogP contribution in [0.2, 0.25) is 5.02 Å². The molecule has 0 aliphatic rings. The number of hydrogen-bond donors (Lipinski definition) is 1. The highest BCUT2D eigenvalue weighted by atomic mass is 35.5. The molecule has 0 atom stereocenters. The molecule has 6 nitrogen and oxygen atoms in total. The largest absolute Gasteiger partial charge is 0.484 e.